The molecule has 3 heterocycles. The molecular formula is C48H65Cl2N6O21P3V. The van der Waals surface area contributed by atoms with E-state index in [2.05, 4.69) is 28.5 Å². The summed E-state index contributed by atoms with van der Waals surface area (Å²) in [7, 11) is -8.57. The van der Waals surface area contributed by atoms with Crippen LogP contribution < -0.4 is 29.5 Å². The third-order valence-electron chi connectivity index (χ3n) is 9.47. The van der Waals surface area contributed by atoms with Crippen molar-refractivity contribution in [2.24, 2.45) is 11.7 Å². The van der Waals surface area contributed by atoms with Crippen molar-refractivity contribution in [3.63, 3.8) is 0 Å². The van der Waals surface area contributed by atoms with Gasteiger partial charge in [0, 0.05) is 85.6 Å². The Labute approximate surface area is 489 Å². The molecule has 3 fully saturated rings. The van der Waals surface area contributed by atoms with Gasteiger partial charge in [-0.15, -0.1) is 10.1 Å². The number of halogens is 2. The number of carbonyl (C=O) groups is 8. The summed E-state index contributed by atoms with van der Waals surface area (Å²) in [5.74, 6) is -3.52. The van der Waals surface area contributed by atoms with E-state index in [4.69, 9.17) is 70.8 Å². The first kappa shape index (κ1) is 75.4. The number of nitrogens with two attached hydrogens (primary N) is 1. The Hall–Kier alpha value is -5.59. The van der Waals surface area contributed by atoms with Crippen LogP contribution in [0.4, 0.5) is 0 Å². The first-order chi connectivity index (χ1) is 37.2. The number of carbonyl (C=O) groups excluding carboxylic acids is 10. The third kappa shape index (κ3) is 30.9. The molecule has 81 heavy (non-hydrogen) atoms. The van der Waals surface area contributed by atoms with E-state index < -0.39 is 81.0 Å². The number of para-hydroxylation sites is 3. The van der Waals surface area contributed by atoms with Gasteiger partial charge in [-0.05, 0) is 90.8 Å². The second-order valence-corrected chi connectivity index (χ2v) is 24.8. The largest absolute Gasteiger partial charge is 0.481 e. The molecule has 5 N–H and O–H groups in total. The maximum absolute atomic E-state index is 13.1. The first-order valence-corrected chi connectivity index (χ1v) is 30.6. The van der Waals surface area contributed by atoms with E-state index in [-0.39, 0.29) is 92.0 Å². The molecule has 1 unspecified atom stereocenters. The van der Waals surface area contributed by atoms with Crippen LogP contribution >= 0.6 is 44.0 Å². The zero-order chi connectivity index (χ0) is 61.0. The SMILES string of the molecule is CC(C)OC(=O)[C@H](C)NP(=O)(Oc1ccccc1)ON1C(=O)CCC1=O.CC(C)OC(=O)[C@H](C)N[P@](=O)(Oc1ccccc1)ON1C(=O)CCC1=O.CC(C)[C@H](C)N.O=C1CCC(=O)N1O.O=C=O.O=P(Cl)(Cl)Oc1ccccc1.[V]. The molecule has 6 amide bonds. The second kappa shape index (κ2) is 37.5. The number of hydroxylamine groups is 6. The average Bonchev–Trinajstić information content (AvgIpc) is 3.97. The molecule has 0 saturated carbocycles. The van der Waals surface area contributed by atoms with Gasteiger partial charge < -0.3 is 28.8 Å². The molecule has 447 valence electrons. The van der Waals surface area contributed by atoms with Gasteiger partial charge in [0.05, 0.1) is 12.2 Å². The number of benzene rings is 3. The molecule has 3 aromatic carbocycles. The molecular weight excluding hydrogens is 1210 g/mol. The van der Waals surface area contributed by atoms with E-state index in [0.717, 1.165) is 0 Å². The van der Waals surface area contributed by atoms with Crippen molar-refractivity contribution >= 4 is 97.6 Å². The molecule has 0 aliphatic carbocycles. The van der Waals surface area contributed by atoms with Gasteiger partial charge in [0.15, 0.2) is 0 Å². The van der Waals surface area contributed by atoms with Crippen LogP contribution in [-0.2, 0) is 98.9 Å². The monoisotopic (exact) mass is 1280 g/mol. The van der Waals surface area contributed by atoms with Crippen molar-refractivity contribution in [3.05, 3.63) is 91.0 Å². The number of hydrogen-bond donors (Lipinski definition) is 4. The van der Waals surface area contributed by atoms with Crippen molar-refractivity contribution in [2.45, 2.75) is 131 Å². The standard InChI is InChI=1S/2C16H21N2O7P.C6H5Cl2O2P.C5H13N.C4H5NO3.CO2.V/c2*1-11(2)23-16(21)12(3)17-26(22,24-13-7-5-4-6-8-13)25-18-14(19)9-10-15(18)20;7-11(8,9)10-6-4-2-1-3-5-6;1-4(2)5(3)6;6-3-1-2-4(7)5(3)8;2-1-3;/h2*4-8,11-12H,9-10H2,1-3H3,(H,17,22);1-5H;4-5H,6H2,1-3H3;8H,1-2H2;;/t12-,26?;12-,26-;;5-;;;/m00.0.../s1. The van der Waals surface area contributed by atoms with Gasteiger partial charge in [0.25, 0.3) is 35.4 Å². The minimum atomic E-state index is -4.29. The molecule has 0 bridgehead atoms. The summed E-state index contributed by atoms with van der Waals surface area (Å²) in [6, 6.07) is 22.8. The Morgan fingerprint density at radius 3 is 0.988 bits per heavy atom. The van der Waals surface area contributed by atoms with Crippen LogP contribution in [0.5, 0.6) is 17.2 Å². The van der Waals surface area contributed by atoms with E-state index in [9.17, 15) is 52.1 Å². The summed E-state index contributed by atoms with van der Waals surface area (Å²) in [4.78, 5) is 108. The molecule has 3 saturated heterocycles. The molecule has 5 atom stereocenters. The van der Waals surface area contributed by atoms with E-state index in [1.165, 1.54) is 38.1 Å². The van der Waals surface area contributed by atoms with Crippen LogP contribution in [0, 0.1) is 5.92 Å². The molecule has 0 aromatic heterocycles. The summed E-state index contributed by atoms with van der Waals surface area (Å²) in [5.41, 5.74) is 5.44. The number of hydrogen-bond acceptors (Lipinski definition) is 22. The zero-order valence-corrected chi connectivity index (χ0v) is 51.0. The van der Waals surface area contributed by atoms with Crippen LogP contribution in [-0.4, -0.2) is 104 Å². The van der Waals surface area contributed by atoms with E-state index >= 15 is 0 Å². The van der Waals surface area contributed by atoms with Gasteiger partial charge >= 0.3 is 39.7 Å². The number of amides is 6. The topological polar surface area (TPSA) is 367 Å². The van der Waals surface area contributed by atoms with Gasteiger partial charge in [-0.2, -0.15) is 34.1 Å². The fraction of sp³-hybridized carbons (Fsp3) is 0.438. The third-order valence-corrected chi connectivity index (χ3v) is 13.4. The number of esters is 2. The Kier molecular flexibility index (Phi) is 34.9. The van der Waals surface area contributed by atoms with E-state index in [0.29, 0.717) is 27.8 Å². The van der Waals surface area contributed by atoms with Gasteiger partial charge in [-0.3, -0.25) is 43.6 Å². The van der Waals surface area contributed by atoms with Crippen molar-refractivity contribution in [2.75, 3.05) is 0 Å². The molecule has 3 aliphatic heterocycles. The van der Waals surface area contributed by atoms with E-state index in [1.807, 2.05) is 6.92 Å². The van der Waals surface area contributed by atoms with Crippen LogP contribution in [0.1, 0.15) is 101 Å². The molecule has 3 aromatic rings. The Bertz CT molecular complexity index is 2530. The predicted octanol–water partition coefficient (Wildman–Crippen LogP) is 7.95. The Morgan fingerprint density at radius 2 is 0.778 bits per heavy atom. The number of rotatable bonds is 19. The fourth-order valence-corrected chi connectivity index (χ4v) is 9.16. The molecule has 0 spiro atoms. The van der Waals surface area contributed by atoms with Crippen LogP contribution in [0.3, 0.4) is 0 Å². The second-order valence-electron chi connectivity index (χ2n) is 17.4. The molecule has 33 heteroatoms. The van der Waals surface area contributed by atoms with Crippen molar-refractivity contribution in [3.8, 4) is 17.2 Å². The number of ether oxygens (including phenoxy) is 2. The van der Waals surface area contributed by atoms with Crippen molar-refractivity contribution < 1.29 is 118 Å². The van der Waals surface area contributed by atoms with Gasteiger partial charge in [0.1, 0.15) is 29.3 Å². The summed E-state index contributed by atoms with van der Waals surface area (Å²) in [6.07, 6.45) is -3.83. The summed E-state index contributed by atoms with van der Waals surface area (Å²) in [6.45, 7) is 15.7. The smallest absolute Gasteiger partial charge is 0.462 e. The predicted molar refractivity (Wildman–Crippen MR) is 284 cm³/mol. The fourth-order valence-electron chi connectivity index (χ4n) is 5.30. The molecule has 3 aliphatic rings. The summed E-state index contributed by atoms with van der Waals surface area (Å²) < 4.78 is 72.6. The quantitative estimate of drug-likeness (QED) is 0.0382. The minimum absolute atomic E-state index is 0. The molecule has 27 nitrogen and oxygen atoms in total. The Balaban J connectivity index is 0.00000107. The average molecular weight is 1280 g/mol. The van der Waals surface area contributed by atoms with Crippen molar-refractivity contribution in [1.29, 1.82) is 0 Å². The summed E-state index contributed by atoms with van der Waals surface area (Å²) in [5, 5.41) is 14.2. The zero-order valence-electron chi connectivity index (χ0n) is 45.4. The van der Waals surface area contributed by atoms with Crippen LogP contribution in [0.25, 0.3) is 0 Å². The maximum Gasteiger partial charge on any atom is 0.481 e. The van der Waals surface area contributed by atoms with Crippen molar-refractivity contribution in [1.82, 2.24) is 25.4 Å². The molecule has 6 rings (SSSR count). The number of imide groups is 3. The summed E-state index contributed by atoms with van der Waals surface area (Å²) >= 11 is 10.3. The number of nitrogens with one attached hydrogen (secondary N) is 2. The number of nitrogens with zero attached hydrogens (tertiary/aromatic N) is 3. The van der Waals surface area contributed by atoms with Gasteiger partial charge in [-0.25, -0.2) is 13.7 Å². The van der Waals surface area contributed by atoms with E-state index in [1.54, 1.807) is 94.4 Å². The van der Waals surface area contributed by atoms with Crippen LogP contribution in [0.2, 0.25) is 0 Å². The first-order valence-electron chi connectivity index (χ1n) is 24.1. The minimum Gasteiger partial charge on any atom is -0.462 e. The van der Waals surface area contributed by atoms with Gasteiger partial charge in [-0.1, -0.05) is 68.4 Å². The Morgan fingerprint density at radius 1 is 0.531 bits per heavy atom. The maximum atomic E-state index is 13.1. The van der Waals surface area contributed by atoms with Gasteiger partial charge in [0.2, 0.25) is 0 Å². The van der Waals surface area contributed by atoms with Crippen LogP contribution in [0.15, 0.2) is 91.0 Å². The molecule has 1 radical (unpaired) electrons. The normalized spacial score (nSPS) is 16.3.